The van der Waals surface area contributed by atoms with Gasteiger partial charge in [0, 0.05) is 28.5 Å². The van der Waals surface area contributed by atoms with Gasteiger partial charge >= 0.3 is 6.09 Å². The Bertz CT molecular complexity index is 1970. The number of rotatable bonds is 7. The molecule has 1 fully saturated rings. The average Bonchev–Trinajstić information content (AvgIpc) is 3.64. The third-order valence-electron chi connectivity index (χ3n) is 8.20. The van der Waals surface area contributed by atoms with E-state index in [9.17, 15) is 14.9 Å². The van der Waals surface area contributed by atoms with Crippen LogP contribution < -0.4 is 10.2 Å². The number of pyridine rings is 1. The van der Waals surface area contributed by atoms with Crippen molar-refractivity contribution >= 4 is 28.9 Å². The van der Waals surface area contributed by atoms with Gasteiger partial charge < -0.3 is 14.5 Å². The Balaban J connectivity index is 1.08. The van der Waals surface area contributed by atoms with Crippen molar-refractivity contribution in [3.63, 3.8) is 0 Å². The van der Waals surface area contributed by atoms with Gasteiger partial charge in [-0.05, 0) is 97.5 Å². The van der Waals surface area contributed by atoms with Crippen LogP contribution in [0.2, 0.25) is 0 Å². The van der Waals surface area contributed by atoms with Crippen LogP contribution in [0.25, 0.3) is 33.7 Å². The second kappa shape index (κ2) is 11.9. The van der Waals surface area contributed by atoms with Gasteiger partial charge in [-0.1, -0.05) is 26.0 Å². The van der Waals surface area contributed by atoms with Crippen LogP contribution in [0, 0.1) is 32.1 Å². The highest BCUT2D eigenvalue weighted by Gasteiger charge is 2.33. The molecule has 0 aliphatic carbocycles. The summed E-state index contributed by atoms with van der Waals surface area (Å²) in [4.78, 5) is 36.2. The number of ether oxygens (including phenoxy) is 1. The van der Waals surface area contributed by atoms with E-state index in [1.807, 2.05) is 32.0 Å². The van der Waals surface area contributed by atoms with Crippen LogP contribution in [0.15, 0.2) is 71.3 Å². The lowest BCUT2D eigenvalue weighted by Crippen LogP contribution is -2.34. The predicted molar refractivity (Wildman–Crippen MR) is 172 cm³/mol. The maximum absolute atomic E-state index is 12.9. The Morgan fingerprint density at radius 3 is 2.44 bits per heavy atom. The number of aryl methyl sites for hydroxylation is 3. The molecule has 1 unspecified atom stereocenters. The summed E-state index contributed by atoms with van der Waals surface area (Å²) in [5.74, 6) is 0.782. The zero-order chi connectivity index (χ0) is 31.8. The van der Waals surface area contributed by atoms with Crippen LogP contribution in [0.3, 0.4) is 0 Å². The summed E-state index contributed by atoms with van der Waals surface area (Å²) in [6, 6.07) is 20.7. The minimum absolute atomic E-state index is 0.160. The lowest BCUT2D eigenvalue weighted by atomic mass is 9.96. The predicted octanol–water partition coefficient (Wildman–Crippen LogP) is 7.23. The van der Waals surface area contributed by atoms with Gasteiger partial charge in [-0.15, -0.1) is 0 Å². The van der Waals surface area contributed by atoms with E-state index in [4.69, 9.17) is 9.15 Å². The molecule has 3 heterocycles. The molecule has 0 saturated carbocycles. The van der Waals surface area contributed by atoms with E-state index >= 15 is 0 Å². The van der Waals surface area contributed by atoms with Crippen molar-refractivity contribution in [1.82, 2.24) is 15.3 Å². The largest absolute Gasteiger partial charge is 0.442 e. The van der Waals surface area contributed by atoms with Crippen molar-refractivity contribution in [3.05, 3.63) is 100 Å². The molecule has 6 rings (SSSR count). The van der Waals surface area contributed by atoms with Crippen molar-refractivity contribution in [3.8, 4) is 28.7 Å². The number of oxazole rings is 1. The summed E-state index contributed by atoms with van der Waals surface area (Å²) in [6.07, 6.45) is 0.756. The SMILES string of the molecule is Cc1cc(C)c(-c2ccc(N3CC(CNC(=O)c4ccc(-c5nc6cc(C#N)cc(C(C)C)c6o5)cc4)OC3=O)nc2)cc1C. The number of nitrogens with zero attached hydrogens (tertiary/aromatic N) is 4. The van der Waals surface area contributed by atoms with Crippen LogP contribution in [0.5, 0.6) is 0 Å². The number of hydrogen-bond donors (Lipinski definition) is 1. The van der Waals surface area contributed by atoms with Gasteiger partial charge in [0.15, 0.2) is 5.58 Å². The molecule has 45 heavy (non-hydrogen) atoms. The first-order valence-electron chi connectivity index (χ1n) is 14.9. The Morgan fingerprint density at radius 1 is 1.02 bits per heavy atom. The molecule has 0 bridgehead atoms. The number of nitriles is 1. The van der Waals surface area contributed by atoms with Gasteiger partial charge in [0.25, 0.3) is 5.91 Å². The molecule has 226 valence electrons. The topological polar surface area (TPSA) is 121 Å². The summed E-state index contributed by atoms with van der Waals surface area (Å²) >= 11 is 0. The quantitative estimate of drug-likeness (QED) is 0.209. The summed E-state index contributed by atoms with van der Waals surface area (Å²) in [6.45, 7) is 10.8. The highest BCUT2D eigenvalue weighted by molar-refractivity contribution is 5.95. The van der Waals surface area contributed by atoms with E-state index < -0.39 is 12.2 Å². The highest BCUT2D eigenvalue weighted by atomic mass is 16.6. The average molecular weight is 600 g/mol. The lowest BCUT2D eigenvalue weighted by Gasteiger charge is -2.14. The third kappa shape index (κ3) is 5.87. The first-order chi connectivity index (χ1) is 21.6. The fraction of sp³-hybridized carbons (Fsp3) is 0.250. The monoisotopic (exact) mass is 599 g/mol. The Labute approximate surface area is 261 Å². The number of carbonyl (C=O) groups is 2. The van der Waals surface area contributed by atoms with Gasteiger partial charge in [0.1, 0.15) is 17.4 Å². The maximum atomic E-state index is 12.9. The van der Waals surface area contributed by atoms with Crippen molar-refractivity contribution in [2.45, 2.75) is 46.6 Å². The van der Waals surface area contributed by atoms with Crippen LogP contribution in [0.1, 0.15) is 57.9 Å². The van der Waals surface area contributed by atoms with E-state index in [-0.39, 0.29) is 24.9 Å². The summed E-state index contributed by atoms with van der Waals surface area (Å²) < 4.78 is 11.6. The molecule has 1 aliphatic rings. The van der Waals surface area contributed by atoms with E-state index in [1.165, 1.54) is 21.6 Å². The molecule has 9 heteroatoms. The summed E-state index contributed by atoms with van der Waals surface area (Å²) in [7, 11) is 0. The van der Waals surface area contributed by atoms with Gasteiger partial charge in [-0.3, -0.25) is 9.69 Å². The smallest absolute Gasteiger partial charge is 0.416 e. The molecule has 2 amide bonds. The van der Waals surface area contributed by atoms with E-state index in [0.717, 1.165) is 16.7 Å². The Hall–Kier alpha value is -5.49. The van der Waals surface area contributed by atoms with Gasteiger partial charge in [-0.2, -0.15) is 5.26 Å². The van der Waals surface area contributed by atoms with E-state index in [0.29, 0.717) is 39.5 Å². The number of benzene rings is 3. The van der Waals surface area contributed by atoms with Crippen molar-refractivity contribution < 1.29 is 18.7 Å². The van der Waals surface area contributed by atoms with Crippen molar-refractivity contribution in [2.75, 3.05) is 18.0 Å². The zero-order valence-electron chi connectivity index (χ0n) is 25.8. The first kappa shape index (κ1) is 29.6. The standard InChI is InChI=1S/C36H33N5O4/c1-20(2)29-14-24(16-37)15-31-33(29)45-35(40-31)26-8-6-25(7-9-26)34(42)39-18-28-19-41(36(43)44-28)32-11-10-27(17-38-32)30-13-22(4)21(3)12-23(30)5/h6-15,17,20,28H,18-19H2,1-5H3,(H,39,42). The fourth-order valence-corrected chi connectivity index (χ4v) is 5.54. The highest BCUT2D eigenvalue weighted by Crippen LogP contribution is 2.32. The summed E-state index contributed by atoms with van der Waals surface area (Å²) in [5, 5.41) is 12.3. The first-order valence-corrected chi connectivity index (χ1v) is 14.9. The molecular formula is C36H33N5O4. The molecule has 2 aromatic heterocycles. The lowest BCUT2D eigenvalue weighted by molar-refractivity contribution is 0.0916. The number of cyclic esters (lactones) is 1. The third-order valence-corrected chi connectivity index (χ3v) is 8.20. The van der Waals surface area contributed by atoms with E-state index in [2.05, 4.69) is 54.3 Å². The Morgan fingerprint density at radius 2 is 1.76 bits per heavy atom. The second-order valence-electron chi connectivity index (χ2n) is 11.8. The zero-order valence-corrected chi connectivity index (χ0v) is 25.8. The van der Waals surface area contributed by atoms with Crippen LogP contribution in [0.4, 0.5) is 10.6 Å². The van der Waals surface area contributed by atoms with Gasteiger partial charge in [0.05, 0.1) is 24.7 Å². The van der Waals surface area contributed by atoms with Crippen LogP contribution >= 0.6 is 0 Å². The fourth-order valence-electron chi connectivity index (χ4n) is 5.54. The molecule has 0 radical (unpaired) electrons. The molecule has 9 nitrogen and oxygen atoms in total. The van der Waals surface area contributed by atoms with Gasteiger partial charge in [-0.25, -0.2) is 14.8 Å². The molecule has 1 N–H and O–H groups in total. The number of aromatic nitrogens is 2. The molecule has 3 aromatic carbocycles. The number of hydrogen-bond acceptors (Lipinski definition) is 7. The maximum Gasteiger partial charge on any atom is 0.416 e. The number of nitrogens with one attached hydrogen (secondary N) is 1. The molecule has 5 aromatic rings. The number of amides is 2. The van der Waals surface area contributed by atoms with Crippen LogP contribution in [-0.2, 0) is 4.74 Å². The molecule has 1 atom stereocenters. The minimum Gasteiger partial charge on any atom is -0.442 e. The van der Waals surface area contributed by atoms with E-state index in [1.54, 1.807) is 36.5 Å². The van der Waals surface area contributed by atoms with Crippen LogP contribution in [-0.4, -0.2) is 41.2 Å². The Kier molecular flexibility index (Phi) is 7.81. The number of fused-ring (bicyclic) bond motifs is 1. The molecule has 0 spiro atoms. The molecule has 1 aliphatic heterocycles. The number of anilines is 1. The van der Waals surface area contributed by atoms with Gasteiger partial charge in [0.2, 0.25) is 5.89 Å². The summed E-state index contributed by atoms with van der Waals surface area (Å²) in [5.41, 5.74) is 9.60. The number of carbonyl (C=O) groups excluding carboxylic acids is 2. The van der Waals surface area contributed by atoms with Crippen molar-refractivity contribution in [1.29, 1.82) is 5.26 Å². The second-order valence-corrected chi connectivity index (χ2v) is 11.8. The molecular weight excluding hydrogens is 566 g/mol. The normalized spacial score (nSPS) is 14.6. The molecule has 1 saturated heterocycles. The van der Waals surface area contributed by atoms with Crippen molar-refractivity contribution in [2.24, 2.45) is 0 Å². The minimum atomic E-state index is -0.516.